The summed E-state index contributed by atoms with van der Waals surface area (Å²) in [4.78, 5) is 28.6. The highest BCUT2D eigenvalue weighted by atomic mass is 32.2. The lowest BCUT2D eigenvalue weighted by Crippen LogP contribution is -2.19. The number of carbonyl (C=O) groups excluding carboxylic acids is 2. The van der Waals surface area contributed by atoms with Crippen LogP contribution in [-0.2, 0) is 9.53 Å². The molecule has 1 N–H and O–H groups in total. The quantitative estimate of drug-likeness (QED) is 0.160. The minimum Gasteiger partial charge on any atom is -0.462 e. The number of hydrogen-bond donors (Lipinski definition) is 1. The number of fused-ring (bicyclic) bond motifs is 1. The molecule has 0 unspecified atom stereocenters. The van der Waals surface area contributed by atoms with Gasteiger partial charge in [-0.15, -0.1) is 11.3 Å². The Hall–Kier alpha value is -3.43. The van der Waals surface area contributed by atoms with Gasteiger partial charge in [-0.25, -0.2) is 15.2 Å². The van der Waals surface area contributed by atoms with E-state index in [1.807, 2.05) is 56.3 Å². The Labute approximate surface area is 205 Å². The number of hydrazone groups is 1. The molecule has 4 rings (SSSR count). The molecule has 1 amide bonds. The Morgan fingerprint density at radius 1 is 1.18 bits per heavy atom. The summed E-state index contributed by atoms with van der Waals surface area (Å²) >= 11 is 2.97. The Morgan fingerprint density at radius 3 is 2.68 bits per heavy atom. The molecule has 174 valence electrons. The molecule has 0 saturated heterocycles. The number of amides is 1. The van der Waals surface area contributed by atoms with Gasteiger partial charge in [0.15, 0.2) is 4.34 Å². The van der Waals surface area contributed by atoms with Crippen molar-refractivity contribution in [3.63, 3.8) is 0 Å². The van der Waals surface area contributed by atoms with E-state index >= 15 is 0 Å². The molecule has 0 fully saturated rings. The largest absolute Gasteiger partial charge is 0.462 e. The molecule has 0 saturated carbocycles. The molecule has 0 radical (unpaired) electrons. The van der Waals surface area contributed by atoms with Crippen LogP contribution >= 0.6 is 23.1 Å². The maximum Gasteiger partial charge on any atom is 0.338 e. The van der Waals surface area contributed by atoms with Gasteiger partial charge in [0.05, 0.1) is 34.4 Å². The summed E-state index contributed by atoms with van der Waals surface area (Å²) in [5.74, 6) is -0.285. The van der Waals surface area contributed by atoms with Gasteiger partial charge in [-0.05, 0) is 63.2 Å². The number of thioether (sulfide) groups is 1. The summed E-state index contributed by atoms with van der Waals surface area (Å²) in [6, 6.07) is 17.2. The van der Waals surface area contributed by atoms with E-state index in [9.17, 15) is 9.59 Å². The number of hydrogen-bond acceptors (Lipinski definition) is 7. The van der Waals surface area contributed by atoms with Crippen molar-refractivity contribution in [1.82, 2.24) is 15.0 Å². The molecule has 2 aromatic carbocycles. The fourth-order valence-electron chi connectivity index (χ4n) is 3.52. The molecule has 34 heavy (non-hydrogen) atoms. The highest BCUT2D eigenvalue weighted by Crippen LogP contribution is 2.29. The van der Waals surface area contributed by atoms with E-state index in [1.54, 1.807) is 36.6 Å². The van der Waals surface area contributed by atoms with Crippen molar-refractivity contribution in [2.75, 3.05) is 12.4 Å². The number of esters is 1. The molecule has 9 heteroatoms. The van der Waals surface area contributed by atoms with Gasteiger partial charge in [-0.3, -0.25) is 4.79 Å². The number of benzene rings is 2. The van der Waals surface area contributed by atoms with Crippen LogP contribution in [0.1, 0.15) is 34.2 Å². The molecule has 0 atom stereocenters. The molecule has 0 aliphatic rings. The molecule has 2 heterocycles. The van der Waals surface area contributed by atoms with Crippen LogP contribution in [0.5, 0.6) is 0 Å². The minimum absolute atomic E-state index is 0.191. The molecule has 0 aliphatic heterocycles. The second-order valence-electron chi connectivity index (χ2n) is 7.46. The Morgan fingerprint density at radius 2 is 1.94 bits per heavy atom. The van der Waals surface area contributed by atoms with Crippen LogP contribution in [0.2, 0.25) is 0 Å². The third-order valence-electron chi connectivity index (χ3n) is 5.10. The number of nitrogens with one attached hydrogen (secondary N) is 1. The number of thiazole rings is 1. The molecule has 4 aromatic rings. The predicted molar refractivity (Wildman–Crippen MR) is 137 cm³/mol. The number of aromatic nitrogens is 2. The van der Waals surface area contributed by atoms with Crippen molar-refractivity contribution in [2.24, 2.45) is 5.10 Å². The molecular formula is C25H24N4O3S2. The highest BCUT2D eigenvalue weighted by molar-refractivity contribution is 8.01. The second-order valence-corrected chi connectivity index (χ2v) is 9.71. The smallest absolute Gasteiger partial charge is 0.338 e. The van der Waals surface area contributed by atoms with Gasteiger partial charge in [0, 0.05) is 22.6 Å². The van der Waals surface area contributed by atoms with Gasteiger partial charge < -0.3 is 9.30 Å². The fourth-order valence-corrected chi connectivity index (χ4v) is 5.38. The van der Waals surface area contributed by atoms with Crippen LogP contribution in [0.25, 0.3) is 15.9 Å². The molecule has 2 aromatic heterocycles. The van der Waals surface area contributed by atoms with Crippen LogP contribution in [0, 0.1) is 13.8 Å². The van der Waals surface area contributed by atoms with Crippen LogP contribution in [0.15, 0.2) is 64.0 Å². The van der Waals surface area contributed by atoms with Gasteiger partial charge in [0.25, 0.3) is 5.91 Å². The van der Waals surface area contributed by atoms with E-state index in [0.29, 0.717) is 12.2 Å². The van der Waals surface area contributed by atoms with E-state index in [1.165, 1.54) is 11.8 Å². The summed E-state index contributed by atoms with van der Waals surface area (Å²) in [5, 5.41) is 4.13. The number of rotatable bonds is 8. The monoisotopic (exact) mass is 492 g/mol. The second kappa shape index (κ2) is 10.7. The highest BCUT2D eigenvalue weighted by Gasteiger charge is 2.12. The molecule has 0 aliphatic carbocycles. The average molecular weight is 493 g/mol. The van der Waals surface area contributed by atoms with Crippen molar-refractivity contribution in [3.8, 4) is 5.69 Å². The maximum atomic E-state index is 12.2. The van der Waals surface area contributed by atoms with Crippen molar-refractivity contribution in [3.05, 3.63) is 77.1 Å². The maximum absolute atomic E-state index is 12.2. The fraction of sp³-hybridized carbons (Fsp3) is 0.200. The lowest BCUT2D eigenvalue weighted by molar-refractivity contribution is -0.118. The third kappa shape index (κ3) is 5.37. The Balaban J connectivity index is 1.37. The molecule has 7 nitrogen and oxygen atoms in total. The standard InChI is InChI=1S/C25H24N4O3S2/c1-4-32-24(31)18-9-11-20(12-10-18)29-16(2)13-19(17(29)3)14-26-28-23(30)15-33-25-27-21-7-5-6-8-22(21)34-25/h5-14H,4,15H2,1-3H3,(H,28,30)/b26-14+. The molecule has 0 bridgehead atoms. The van der Waals surface area contributed by atoms with Gasteiger partial charge in [0.1, 0.15) is 0 Å². The molecule has 0 spiro atoms. The summed E-state index contributed by atoms with van der Waals surface area (Å²) in [6.07, 6.45) is 1.64. The average Bonchev–Trinajstić information content (AvgIpc) is 3.37. The van der Waals surface area contributed by atoms with Crippen molar-refractivity contribution >= 4 is 51.4 Å². The first-order valence-corrected chi connectivity index (χ1v) is 12.5. The van der Waals surface area contributed by atoms with E-state index in [0.717, 1.165) is 37.2 Å². The Bertz CT molecular complexity index is 1320. The molecular weight excluding hydrogens is 468 g/mol. The number of para-hydroxylation sites is 1. The van der Waals surface area contributed by atoms with E-state index in [-0.39, 0.29) is 17.6 Å². The van der Waals surface area contributed by atoms with E-state index in [4.69, 9.17) is 4.74 Å². The van der Waals surface area contributed by atoms with Crippen molar-refractivity contribution < 1.29 is 14.3 Å². The number of ether oxygens (including phenoxy) is 1. The number of aryl methyl sites for hydroxylation is 1. The summed E-state index contributed by atoms with van der Waals surface area (Å²) in [7, 11) is 0. The van der Waals surface area contributed by atoms with Crippen LogP contribution in [0.3, 0.4) is 0 Å². The number of carbonyl (C=O) groups is 2. The SMILES string of the molecule is CCOC(=O)c1ccc(-n2c(C)cc(/C=N/NC(=O)CSc3nc4ccccc4s3)c2C)cc1. The van der Waals surface area contributed by atoms with Crippen molar-refractivity contribution in [2.45, 2.75) is 25.1 Å². The first-order chi connectivity index (χ1) is 16.5. The zero-order valence-corrected chi connectivity index (χ0v) is 20.7. The van der Waals surface area contributed by atoms with Gasteiger partial charge in [-0.2, -0.15) is 5.10 Å². The van der Waals surface area contributed by atoms with Gasteiger partial charge in [0.2, 0.25) is 0 Å². The summed E-state index contributed by atoms with van der Waals surface area (Å²) < 4.78 is 9.08. The Kier molecular flexibility index (Phi) is 7.44. The first-order valence-electron chi connectivity index (χ1n) is 10.7. The predicted octanol–water partition coefficient (Wildman–Crippen LogP) is 5.12. The lowest BCUT2D eigenvalue weighted by atomic mass is 10.2. The van der Waals surface area contributed by atoms with Gasteiger partial charge >= 0.3 is 5.97 Å². The summed E-state index contributed by atoms with van der Waals surface area (Å²) in [6.45, 7) is 6.11. The topological polar surface area (TPSA) is 85.6 Å². The van der Waals surface area contributed by atoms with Crippen LogP contribution < -0.4 is 5.43 Å². The van der Waals surface area contributed by atoms with Gasteiger partial charge in [-0.1, -0.05) is 23.9 Å². The van der Waals surface area contributed by atoms with E-state index in [2.05, 4.69) is 20.1 Å². The lowest BCUT2D eigenvalue weighted by Gasteiger charge is -2.10. The minimum atomic E-state index is -0.333. The summed E-state index contributed by atoms with van der Waals surface area (Å²) in [5.41, 5.74) is 7.86. The van der Waals surface area contributed by atoms with Crippen molar-refractivity contribution in [1.29, 1.82) is 0 Å². The third-order valence-corrected chi connectivity index (χ3v) is 7.28. The zero-order chi connectivity index (χ0) is 24.1. The van der Waals surface area contributed by atoms with E-state index < -0.39 is 0 Å². The first kappa shape index (κ1) is 23.7. The number of nitrogens with zero attached hydrogens (tertiary/aromatic N) is 3. The van der Waals surface area contributed by atoms with Crippen LogP contribution in [0.4, 0.5) is 0 Å². The van der Waals surface area contributed by atoms with Crippen LogP contribution in [-0.4, -0.2) is 40.0 Å². The zero-order valence-electron chi connectivity index (χ0n) is 19.1. The normalized spacial score (nSPS) is 11.3.